The van der Waals surface area contributed by atoms with Gasteiger partial charge in [-0.05, 0) is 23.8 Å². The van der Waals surface area contributed by atoms with E-state index in [0.29, 0.717) is 6.54 Å². The lowest BCUT2D eigenvalue weighted by Crippen LogP contribution is -2.21. The van der Waals surface area contributed by atoms with Crippen molar-refractivity contribution in [2.45, 2.75) is 6.54 Å². The van der Waals surface area contributed by atoms with E-state index in [1.54, 1.807) is 0 Å². The van der Waals surface area contributed by atoms with E-state index in [0.717, 1.165) is 27.6 Å². The Bertz CT molecular complexity index is 678. The fraction of sp³-hybridized carbons (Fsp3) is 0.0769. The summed E-state index contributed by atoms with van der Waals surface area (Å²) in [4.78, 5) is 9.23. The van der Waals surface area contributed by atoms with Gasteiger partial charge in [-0.2, -0.15) is 0 Å². The van der Waals surface area contributed by atoms with Crippen LogP contribution in [-0.2, 0) is 6.54 Å². The van der Waals surface area contributed by atoms with Gasteiger partial charge in [0.25, 0.3) is 0 Å². The fourth-order valence-electron chi connectivity index (χ4n) is 1.95. The van der Waals surface area contributed by atoms with Crippen LogP contribution in [0.1, 0.15) is 5.56 Å². The van der Waals surface area contributed by atoms with Crippen molar-refractivity contribution in [3.63, 3.8) is 0 Å². The third-order valence-electron chi connectivity index (χ3n) is 2.75. The molecule has 0 aliphatic rings. The van der Waals surface area contributed by atoms with Crippen LogP contribution in [0, 0.1) is 0 Å². The first-order valence-corrected chi connectivity index (χ1v) is 5.46. The largest absolute Gasteiger partial charge is 0.271 e. The molecule has 0 spiro atoms. The zero-order valence-corrected chi connectivity index (χ0v) is 9.22. The number of hydrogen-bond donors (Lipinski definition) is 2. The third-order valence-corrected chi connectivity index (χ3v) is 2.75. The first-order valence-electron chi connectivity index (χ1n) is 5.46. The second kappa shape index (κ2) is 4.08. The van der Waals surface area contributed by atoms with Crippen molar-refractivity contribution in [1.29, 1.82) is 0 Å². The lowest BCUT2D eigenvalue weighted by Gasteiger charge is -2.05. The van der Waals surface area contributed by atoms with Crippen LogP contribution in [0.5, 0.6) is 0 Å². The highest BCUT2D eigenvalue weighted by atomic mass is 15.2. The Morgan fingerprint density at radius 1 is 0.882 bits per heavy atom. The Morgan fingerprint density at radius 3 is 2.35 bits per heavy atom. The summed E-state index contributed by atoms with van der Waals surface area (Å²) in [6.07, 6.45) is 0. The SMILES string of the molecule is NNCc1cccc2nc3ccccc3nc12. The standard InChI is InChI=1S/C13H12N4/c14-15-8-9-4-3-7-12-13(9)17-11-6-2-1-5-10(11)16-12/h1-7,15H,8,14H2. The number of para-hydroxylation sites is 3. The van der Waals surface area contributed by atoms with Crippen molar-refractivity contribution < 1.29 is 0 Å². The van der Waals surface area contributed by atoms with Crippen LogP contribution in [0.3, 0.4) is 0 Å². The molecule has 4 nitrogen and oxygen atoms in total. The first kappa shape index (κ1) is 10.1. The second-order valence-electron chi connectivity index (χ2n) is 3.88. The first-order chi connectivity index (χ1) is 8.38. The van der Waals surface area contributed by atoms with Crippen molar-refractivity contribution in [3.05, 3.63) is 48.0 Å². The highest BCUT2D eigenvalue weighted by molar-refractivity contribution is 5.87. The average Bonchev–Trinajstić information content (AvgIpc) is 2.37. The zero-order valence-electron chi connectivity index (χ0n) is 9.22. The molecule has 3 N–H and O–H groups in total. The number of rotatable bonds is 2. The Morgan fingerprint density at radius 2 is 1.59 bits per heavy atom. The van der Waals surface area contributed by atoms with Gasteiger partial charge in [0.1, 0.15) is 0 Å². The van der Waals surface area contributed by atoms with Crippen molar-refractivity contribution in [3.8, 4) is 0 Å². The van der Waals surface area contributed by atoms with Crippen LogP contribution in [-0.4, -0.2) is 9.97 Å². The van der Waals surface area contributed by atoms with Gasteiger partial charge in [-0.15, -0.1) is 0 Å². The van der Waals surface area contributed by atoms with E-state index in [2.05, 4.69) is 15.4 Å². The van der Waals surface area contributed by atoms with Gasteiger partial charge in [0.2, 0.25) is 0 Å². The predicted molar refractivity (Wildman–Crippen MR) is 68.1 cm³/mol. The van der Waals surface area contributed by atoms with Gasteiger partial charge in [-0.3, -0.25) is 11.3 Å². The molecule has 0 fully saturated rings. The molecule has 0 atom stereocenters. The molecule has 1 aromatic heterocycles. The average molecular weight is 224 g/mol. The molecule has 3 aromatic rings. The Labute approximate surface area is 98.5 Å². The van der Waals surface area contributed by atoms with E-state index in [-0.39, 0.29) is 0 Å². The smallest absolute Gasteiger partial charge is 0.0940 e. The lowest BCUT2D eigenvalue weighted by molar-refractivity contribution is 0.744. The molecule has 0 radical (unpaired) electrons. The second-order valence-corrected chi connectivity index (χ2v) is 3.88. The van der Waals surface area contributed by atoms with Gasteiger partial charge >= 0.3 is 0 Å². The highest BCUT2D eigenvalue weighted by Crippen LogP contribution is 2.18. The molecule has 84 valence electrons. The van der Waals surface area contributed by atoms with Crippen LogP contribution < -0.4 is 11.3 Å². The van der Waals surface area contributed by atoms with Gasteiger partial charge in [0, 0.05) is 6.54 Å². The van der Waals surface area contributed by atoms with Crippen LogP contribution in [0.25, 0.3) is 22.1 Å². The lowest BCUT2D eigenvalue weighted by atomic mass is 10.1. The third kappa shape index (κ3) is 1.73. The van der Waals surface area contributed by atoms with Crippen LogP contribution in [0.2, 0.25) is 0 Å². The summed E-state index contributed by atoms with van der Waals surface area (Å²) in [6.45, 7) is 0.588. The zero-order chi connectivity index (χ0) is 11.7. The normalized spacial score (nSPS) is 11.1. The Kier molecular flexibility index (Phi) is 2.44. The topological polar surface area (TPSA) is 63.8 Å². The molecular weight excluding hydrogens is 212 g/mol. The molecule has 0 aliphatic heterocycles. The maximum absolute atomic E-state index is 5.37. The molecule has 3 rings (SSSR count). The summed E-state index contributed by atoms with van der Waals surface area (Å²) in [5, 5.41) is 0. The van der Waals surface area contributed by atoms with Crippen LogP contribution in [0.15, 0.2) is 42.5 Å². The Balaban J connectivity index is 2.35. The van der Waals surface area contributed by atoms with Crippen molar-refractivity contribution in [2.24, 2.45) is 5.84 Å². The maximum atomic E-state index is 5.37. The number of nitrogens with one attached hydrogen (secondary N) is 1. The van der Waals surface area contributed by atoms with E-state index < -0.39 is 0 Å². The van der Waals surface area contributed by atoms with E-state index in [1.807, 2.05) is 42.5 Å². The summed E-state index contributed by atoms with van der Waals surface area (Å²) in [5.41, 5.74) is 7.34. The molecule has 0 amide bonds. The van der Waals surface area contributed by atoms with E-state index >= 15 is 0 Å². The van der Waals surface area contributed by atoms with E-state index in [1.165, 1.54) is 0 Å². The quantitative estimate of drug-likeness (QED) is 0.395. The summed E-state index contributed by atoms with van der Waals surface area (Å²) in [5.74, 6) is 5.37. The molecular formula is C13H12N4. The van der Waals surface area contributed by atoms with Gasteiger partial charge in [0.15, 0.2) is 0 Å². The van der Waals surface area contributed by atoms with E-state index in [9.17, 15) is 0 Å². The van der Waals surface area contributed by atoms with Gasteiger partial charge < -0.3 is 0 Å². The molecule has 0 saturated carbocycles. The summed E-state index contributed by atoms with van der Waals surface area (Å²) in [7, 11) is 0. The van der Waals surface area contributed by atoms with Gasteiger partial charge in [0.05, 0.1) is 22.1 Å². The number of nitrogens with two attached hydrogens (primary N) is 1. The minimum absolute atomic E-state index is 0.588. The fourth-order valence-corrected chi connectivity index (χ4v) is 1.95. The van der Waals surface area contributed by atoms with Gasteiger partial charge in [-0.25, -0.2) is 9.97 Å². The molecule has 2 aromatic carbocycles. The van der Waals surface area contributed by atoms with Crippen molar-refractivity contribution in [2.75, 3.05) is 0 Å². The summed E-state index contributed by atoms with van der Waals surface area (Å²) >= 11 is 0. The molecule has 0 aliphatic carbocycles. The maximum Gasteiger partial charge on any atom is 0.0940 e. The number of hydrogen-bond acceptors (Lipinski definition) is 4. The predicted octanol–water partition coefficient (Wildman–Crippen LogP) is 1.75. The number of fused-ring (bicyclic) bond motifs is 2. The molecule has 17 heavy (non-hydrogen) atoms. The van der Waals surface area contributed by atoms with Crippen molar-refractivity contribution in [1.82, 2.24) is 15.4 Å². The molecule has 4 heteroatoms. The number of nitrogens with zero attached hydrogens (tertiary/aromatic N) is 2. The van der Waals surface area contributed by atoms with E-state index in [4.69, 9.17) is 5.84 Å². The molecule has 0 bridgehead atoms. The minimum atomic E-state index is 0.588. The molecule has 0 unspecified atom stereocenters. The van der Waals surface area contributed by atoms with Gasteiger partial charge in [-0.1, -0.05) is 24.3 Å². The molecule has 1 heterocycles. The summed E-state index contributed by atoms with van der Waals surface area (Å²) in [6, 6.07) is 13.8. The van der Waals surface area contributed by atoms with Crippen molar-refractivity contribution >= 4 is 22.1 Å². The number of hydrazine groups is 1. The summed E-state index contributed by atoms with van der Waals surface area (Å²) < 4.78 is 0. The monoisotopic (exact) mass is 224 g/mol. The Hall–Kier alpha value is -2.04. The minimum Gasteiger partial charge on any atom is -0.271 e. The molecule has 0 saturated heterocycles. The highest BCUT2D eigenvalue weighted by Gasteiger charge is 2.04. The number of aromatic nitrogens is 2. The van der Waals surface area contributed by atoms with Crippen LogP contribution in [0.4, 0.5) is 0 Å². The van der Waals surface area contributed by atoms with Crippen LogP contribution >= 0.6 is 0 Å². The number of benzene rings is 2.